The minimum atomic E-state index is -0.0572. The number of aliphatic hydroxyl groups excluding tert-OH is 1. The largest absolute Gasteiger partial charge is 0.392 e. The maximum absolute atomic E-state index is 11.4. The number of rotatable bonds is 6. The molecule has 2 rings (SSSR count). The number of thioether (sulfide) groups is 1. The normalized spacial score (nSPS) is 10.4. The van der Waals surface area contributed by atoms with Gasteiger partial charge in [-0.25, -0.2) is 0 Å². The molecular formula is C17H19NO2S. The molecule has 0 fully saturated rings. The highest BCUT2D eigenvalue weighted by Gasteiger charge is 2.02. The summed E-state index contributed by atoms with van der Waals surface area (Å²) in [5.74, 6) is 1.79. The topological polar surface area (TPSA) is 49.3 Å². The van der Waals surface area contributed by atoms with Crippen molar-refractivity contribution in [2.75, 3.05) is 7.05 Å². The first-order valence-electron chi connectivity index (χ1n) is 6.80. The lowest BCUT2D eigenvalue weighted by Crippen LogP contribution is -2.17. The number of carbonyl (C=O) groups is 1. The molecule has 0 saturated heterocycles. The summed E-state index contributed by atoms with van der Waals surface area (Å²) in [7, 11) is 1.63. The van der Waals surface area contributed by atoms with E-state index in [-0.39, 0.29) is 12.5 Å². The summed E-state index contributed by atoms with van der Waals surface area (Å²) in [6.07, 6.45) is 0. The quantitative estimate of drug-likeness (QED) is 0.862. The molecular weight excluding hydrogens is 282 g/mol. The second kappa shape index (κ2) is 7.86. The molecule has 0 heterocycles. The van der Waals surface area contributed by atoms with E-state index < -0.39 is 0 Å². The van der Waals surface area contributed by atoms with Gasteiger partial charge in [0.05, 0.1) is 6.61 Å². The molecule has 2 N–H and O–H groups in total. The van der Waals surface area contributed by atoms with E-state index in [2.05, 4.69) is 5.32 Å². The van der Waals surface area contributed by atoms with Crippen LogP contribution in [0.2, 0.25) is 0 Å². The summed E-state index contributed by atoms with van der Waals surface area (Å²) in [5.41, 5.74) is 4.08. The van der Waals surface area contributed by atoms with E-state index in [4.69, 9.17) is 5.11 Å². The molecule has 2 aromatic carbocycles. The number of amides is 1. The Labute approximate surface area is 129 Å². The van der Waals surface area contributed by atoms with Crippen LogP contribution in [0.3, 0.4) is 0 Å². The van der Waals surface area contributed by atoms with Gasteiger partial charge in [0.15, 0.2) is 0 Å². The van der Waals surface area contributed by atoms with E-state index in [1.165, 1.54) is 11.1 Å². The number of nitrogens with one attached hydrogen (secondary N) is 1. The highest BCUT2D eigenvalue weighted by molar-refractivity contribution is 7.97. The van der Waals surface area contributed by atoms with Gasteiger partial charge in [-0.3, -0.25) is 4.79 Å². The van der Waals surface area contributed by atoms with E-state index in [1.54, 1.807) is 7.05 Å². The average molecular weight is 301 g/mol. The van der Waals surface area contributed by atoms with Gasteiger partial charge >= 0.3 is 0 Å². The molecule has 110 valence electrons. The third-order valence-electron chi connectivity index (χ3n) is 3.19. The molecule has 0 radical (unpaired) electrons. The van der Waals surface area contributed by atoms with Crippen LogP contribution in [0, 0.1) is 0 Å². The van der Waals surface area contributed by atoms with Crippen LogP contribution in [-0.4, -0.2) is 18.1 Å². The third-order valence-corrected chi connectivity index (χ3v) is 4.26. The first-order valence-corrected chi connectivity index (χ1v) is 7.96. The van der Waals surface area contributed by atoms with E-state index in [9.17, 15) is 4.79 Å². The molecule has 0 unspecified atom stereocenters. The Kier molecular flexibility index (Phi) is 5.84. The second-order valence-electron chi connectivity index (χ2n) is 4.74. The molecule has 0 spiro atoms. The molecule has 2 aromatic rings. The molecule has 3 nitrogen and oxygen atoms in total. The van der Waals surface area contributed by atoms with Gasteiger partial charge in [-0.2, -0.15) is 11.8 Å². The van der Waals surface area contributed by atoms with E-state index >= 15 is 0 Å². The lowest BCUT2D eigenvalue weighted by atomic mass is 10.1. The van der Waals surface area contributed by atoms with Crippen LogP contribution in [0.15, 0.2) is 48.5 Å². The van der Waals surface area contributed by atoms with Crippen LogP contribution >= 0.6 is 11.8 Å². The number of hydrogen-bond donors (Lipinski definition) is 2. The zero-order valence-electron chi connectivity index (χ0n) is 12.0. The van der Waals surface area contributed by atoms with Crippen molar-refractivity contribution in [2.45, 2.75) is 18.1 Å². The summed E-state index contributed by atoms with van der Waals surface area (Å²) in [5, 5.41) is 11.6. The predicted octanol–water partition coefficient (Wildman–Crippen LogP) is 2.97. The van der Waals surface area contributed by atoms with Crippen molar-refractivity contribution in [1.29, 1.82) is 0 Å². The van der Waals surface area contributed by atoms with Crippen molar-refractivity contribution in [3.63, 3.8) is 0 Å². The molecule has 0 bridgehead atoms. The SMILES string of the molecule is CNC(=O)c1ccc(CSCc2ccc(CO)cc2)cc1. The van der Waals surface area contributed by atoms with Crippen LogP contribution in [0.1, 0.15) is 27.0 Å². The van der Waals surface area contributed by atoms with Gasteiger partial charge in [0.2, 0.25) is 0 Å². The molecule has 4 heteroatoms. The zero-order valence-corrected chi connectivity index (χ0v) is 12.8. The van der Waals surface area contributed by atoms with E-state index in [0.29, 0.717) is 5.56 Å². The Bertz CT molecular complexity index is 579. The van der Waals surface area contributed by atoms with Crippen LogP contribution < -0.4 is 5.32 Å². The van der Waals surface area contributed by atoms with Crippen molar-refractivity contribution < 1.29 is 9.90 Å². The summed E-state index contributed by atoms with van der Waals surface area (Å²) in [6, 6.07) is 15.7. The molecule has 0 saturated carbocycles. The minimum absolute atomic E-state index is 0.0572. The van der Waals surface area contributed by atoms with Gasteiger partial charge in [-0.15, -0.1) is 0 Å². The highest BCUT2D eigenvalue weighted by atomic mass is 32.2. The minimum Gasteiger partial charge on any atom is -0.392 e. The molecule has 0 aliphatic carbocycles. The van der Waals surface area contributed by atoms with Crippen LogP contribution in [-0.2, 0) is 18.1 Å². The number of hydrogen-bond acceptors (Lipinski definition) is 3. The second-order valence-corrected chi connectivity index (χ2v) is 5.73. The van der Waals surface area contributed by atoms with Crippen molar-refractivity contribution in [3.05, 3.63) is 70.8 Å². The molecule has 1 amide bonds. The number of aliphatic hydroxyl groups is 1. The standard InChI is InChI=1S/C17H19NO2S/c1-18-17(20)16-8-6-15(7-9-16)12-21-11-14-4-2-13(10-19)3-5-14/h2-9,19H,10-12H2,1H3,(H,18,20). The third kappa shape index (κ3) is 4.62. The lowest BCUT2D eigenvalue weighted by Gasteiger charge is -2.05. The van der Waals surface area contributed by atoms with Crippen molar-refractivity contribution in [1.82, 2.24) is 5.32 Å². The van der Waals surface area contributed by atoms with Gasteiger partial charge in [-0.05, 0) is 28.8 Å². The van der Waals surface area contributed by atoms with Gasteiger partial charge in [0.25, 0.3) is 5.91 Å². The number of carbonyl (C=O) groups excluding carboxylic acids is 1. The lowest BCUT2D eigenvalue weighted by molar-refractivity contribution is 0.0963. The van der Waals surface area contributed by atoms with Gasteiger partial charge < -0.3 is 10.4 Å². The smallest absolute Gasteiger partial charge is 0.251 e. The molecule has 0 aliphatic heterocycles. The van der Waals surface area contributed by atoms with Crippen LogP contribution in [0.4, 0.5) is 0 Å². The molecule has 21 heavy (non-hydrogen) atoms. The first-order chi connectivity index (χ1) is 10.2. The summed E-state index contributed by atoms with van der Waals surface area (Å²) >= 11 is 1.83. The maximum atomic E-state index is 11.4. The Balaban J connectivity index is 1.83. The monoisotopic (exact) mass is 301 g/mol. The molecule has 0 aliphatic rings. The maximum Gasteiger partial charge on any atom is 0.251 e. The summed E-state index contributed by atoms with van der Waals surface area (Å²) < 4.78 is 0. The molecule has 0 aromatic heterocycles. The van der Waals surface area contributed by atoms with Crippen LogP contribution in [0.25, 0.3) is 0 Å². The van der Waals surface area contributed by atoms with E-state index in [1.807, 2.05) is 60.3 Å². The van der Waals surface area contributed by atoms with Crippen LogP contribution in [0.5, 0.6) is 0 Å². The van der Waals surface area contributed by atoms with Gasteiger partial charge in [0.1, 0.15) is 0 Å². The van der Waals surface area contributed by atoms with Crippen molar-refractivity contribution in [2.24, 2.45) is 0 Å². The van der Waals surface area contributed by atoms with Gasteiger partial charge in [-0.1, -0.05) is 36.4 Å². The van der Waals surface area contributed by atoms with Crippen molar-refractivity contribution >= 4 is 17.7 Å². The summed E-state index contributed by atoms with van der Waals surface area (Å²) in [4.78, 5) is 11.4. The Morgan fingerprint density at radius 3 is 1.90 bits per heavy atom. The fraction of sp³-hybridized carbons (Fsp3) is 0.235. The first kappa shape index (κ1) is 15.6. The van der Waals surface area contributed by atoms with E-state index in [0.717, 1.165) is 17.1 Å². The predicted molar refractivity (Wildman–Crippen MR) is 87.2 cm³/mol. The fourth-order valence-corrected chi connectivity index (χ4v) is 2.88. The Morgan fingerprint density at radius 2 is 1.43 bits per heavy atom. The summed E-state index contributed by atoms with van der Waals surface area (Å²) in [6.45, 7) is 0.0884. The zero-order chi connectivity index (χ0) is 15.1. The van der Waals surface area contributed by atoms with Crippen molar-refractivity contribution in [3.8, 4) is 0 Å². The Hall–Kier alpha value is -1.78. The average Bonchev–Trinajstić information content (AvgIpc) is 2.55. The van der Waals surface area contributed by atoms with Gasteiger partial charge in [0, 0.05) is 24.1 Å². The fourth-order valence-electron chi connectivity index (χ4n) is 1.92. The number of benzene rings is 2. The highest BCUT2D eigenvalue weighted by Crippen LogP contribution is 2.18. The molecule has 0 atom stereocenters. The Morgan fingerprint density at radius 1 is 0.952 bits per heavy atom.